The summed E-state index contributed by atoms with van der Waals surface area (Å²) in [5.41, 5.74) is 1.10. The maximum Gasteiger partial charge on any atom is 0.261 e. The number of hydrogen-bond donors (Lipinski definition) is 2. The highest BCUT2D eigenvalue weighted by molar-refractivity contribution is 7.12. The summed E-state index contributed by atoms with van der Waals surface area (Å²) in [5, 5.41) is 7.41. The van der Waals surface area contributed by atoms with Crippen LogP contribution in [0.5, 0.6) is 0 Å². The average molecular weight is 479 g/mol. The van der Waals surface area contributed by atoms with Crippen molar-refractivity contribution in [2.45, 2.75) is 25.0 Å². The number of carbonyl (C=O) groups is 3. The first-order valence-corrected chi connectivity index (χ1v) is 12.0. The Morgan fingerprint density at radius 3 is 2.62 bits per heavy atom. The van der Waals surface area contributed by atoms with Crippen LogP contribution in [0, 0.1) is 0 Å². The van der Waals surface area contributed by atoms with Gasteiger partial charge in [-0.05, 0) is 42.0 Å². The van der Waals surface area contributed by atoms with Crippen LogP contribution in [0.3, 0.4) is 0 Å². The third kappa shape index (κ3) is 5.86. The molecule has 176 valence electrons. The van der Waals surface area contributed by atoms with Crippen molar-refractivity contribution in [3.8, 4) is 0 Å². The van der Waals surface area contributed by atoms with E-state index >= 15 is 0 Å². The van der Waals surface area contributed by atoms with E-state index in [4.69, 9.17) is 4.74 Å². The fourth-order valence-corrected chi connectivity index (χ4v) is 4.48. The number of rotatable bonds is 9. The zero-order valence-electron chi connectivity index (χ0n) is 18.6. The van der Waals surface area contributed by atoms with Gasteiger partial charge >= 0.3 is 0 Å². The van der Waals surface area contributed by atoms with E-state index in [2.05, 4.69) is 15.6 Å². The summed E-state index contributed by atoms with van der Waals surface area (Å²) in [6, 6.07) is 15.0. The fraction of sp³-hybridized carbons (Fsp3) is 0.280. The zero-order chi connectivity index (χ0) is 23.8. The van der Waals surface area contributed by atoms with Crippen molar-refractivity contribution < 1.29 is 19.1 Å². The standard InChI is InChI=1S/C25H26N4O4S/c30-22(17-28-24(31)21-11-6-14-34-21)29(19-9-4-12-26-15-19)23(18-7-2-1-3-8-18)25(32)27-16-20-10-5-13-33-20/h1-4,6-9,11-12,14-15,20,23H,5,10,13,16-17H2,(H,27,32)(H,28,31). The van der Waals surface area contributed by atoms with Gasteiger partial charge in [0.15, 0.2) is 0 Å². The lowest BCUT2D eigenvalue weighted by Crippen LogP contribution is -2.48. The zero-order valence-corrected chi connectivity index (χ0v) is 19.4. The molecule has 3 amide bonds. The summed E-state index contributed by atoms with van der Waals surface area (Å²) >= 11 is 1.29. The molecule has 2 atom stereocenters. The predicted octanol–water partition coefficient (Wildman–Crippen LogP) is 2.94. The fourth-order valence-electron chi connectivity index (χ4n) is 3.84. The lowest BCUT2D eigenvalue weighted by Gasteiger charge is -2.31. The molecule has 1 aromatic carbocycles. The Bertz CT molecular complexity index is 1090. The summed E-state index contributed by atoms with van der Waals surface area (Å²) < 4.78 is 5.63. The molecule has 2 unspecified atom stereocenters. The lowest BCUT2D eigenvalue weighted by molar-refractivity contribution is -0.126. The summed E-state index contributed by atoms with van der Waals surface area (Å²) in [7, 11) is 0. The second-order valence-corrected chi connectivity index (χ2v) is 8.78. The van der Waals surface area contributed by atoms with Crippen LogP contribution in [-0.4, -0.2) is 48.5 Å². The topological polar surface area (TPSA) is 101 Å². The van der Waals surface area contributed by atoms with Crippen LogP contribution >= 0.6 is 11.3 Å². The van der Waals surface area contributed by atoms with Crippen molar-refractivity contribution in [1.82, 2.24) is 15.6 Å². The molecule has 2 N–H and O–H groups in total. The minimum atomic E-state index is -0.946. The Kier molecular flexibility index (Phi) is 8.00. The predicted molar refractivity (Wildman–Crippen MR) is 130 cm³/mol. The molecular formula is C25H26N4O4S. The summed E-state index contributed by atoms with van der Waals surface area (Å²) in [4.78, 5) is 45.4. The van der Waals surface area contributed by atoms with Crippen molar-refractivity contribution in [3.63, 3.8) is 0 Å². The highest BCUT2D eigenvalue weighted by Gasteiger charge is 2.33. The van der Waals surface area contributed by atoms with E-state index in [1.165, 1.54) is 22.4 Å². The van der Waals surface area contributed by atoms with E-state index < -0.39 is 11.9 Å². The van der Waals surface area contributed by atoms with E-state index in [0.29, 0.717) is 29.3 Å². The lowest BCUT2D eigenvalue weighted by atomic mass is 10.0. The first kappa shape index (κ1) is 23.6. The molecule has 1 aliphatic heterocycles. The van der Waals surface area contributed by atoms with Gasteiger partial charge in [0.05, 0.1) is 29.4 Å². The smallest absolute Gasteiger partial charge is 0.261 e. The number of hydrogen-bond acceptors (Lipinski definition) is 6. The van der Waals surface area contributed by atoms with Gasteiger partial charge < -0.3 is 15.4 Å². The second kappa shape index (κ2) is 11.5. The maximum absolute atomic E-state index is 13.5. The third-order valence-electron chi connectivity index (χ3n) is 5.49. The van der Waals surface area contributed by atoms with E-state index in [-0.39, 0.29) is 24.5 Å². The third-order valence-corrected chi connectivity index (χ3v) is 6.36. The molecule has 1 fully saturated rings. The van der Waals surface area contributed by atoms with Crippen molar-refractivity contribution in [2.75, 3.05) is 24.6 Å². The number of nitrogens with one attached hydrogen (secondary N) is 2. The number of pyridine rings is 1. The van der Waals surface area contributed by atoms with Crippen LogP contribution in [-0.2, 0) is 14.3 Å². The molecule has 3 aromatic rings. The quantitative estimate of drug-likeness (QED) is 0.493. The van der Waals surface area contributed by atoms with Crippen molar-refractivity contribution in [1.29, 1.82) is 0 Å². The Morgan fingerprint density at radius 1 is 1.09 bits per heavy atom. The number of anilines is 1. The number of thiophene rings is 1. The van der Waals surface area contributed by atoms with Crippen LogP contribution in [0.15, 0.2) is 72.4 Å². The Morgan fingerprint density at radius 2 is 1.94 bits per heavy atom. The molecular weight excluding hydrogens is 452 g/mol. The van der Waals surface area contributed by atoms with Gasteiger partial charge in [0.2, 0.25) is 11.8 Å². The van der Waals surface area contributed by atoms with Crippen molar-refractivity contribution >= 4 is 34.7 Å². The molecule has 1 aliphatic rings. The number of nitrogens with zero attached hydrogens (tertiary/aromatic N) is 2. The van der Waals surface area contributed by atoms with Gasteiger partial charge in [-0.15, -0.1) is 11.3 Å². The van der Waals surface area contributed by atoms with Crippen LogP contribution in [0.25, 0.3) is 0 Å². The Hall–Kier alpha value is -3.56. The van der Waals surface area contributed by atoms with E-state index in [0.717, 1.165) is 12.8 Å². The molecule has 34 heavy (non-hydrogen) atoms. The molecule has 0 radical (unpaired) electrons. The monoisotopic (exact) mass is 478 g/mol. The van der Waals surface area contributed by atoms with Gasteiger partial charge in [-0.2, -0.15) is 0 Å². The van der Waals surface area contributed by atoms with Gasteiger partial charge in [0, 0.05) is 19.3 Å². The summed E-state index contributed by atoms with van der Waals surface area (Å²) in [6.45, 7) is 0.785. The number of benzene rings is 1. The number of carbonyl (C=O) groups excluding carboxylic acids is 3. The first-order chi connectivity index (χ1) is 16.6. The summed E-state index contributed by atoms with van der Waals surface area (Å²) in [5.74, 6) is -1.10. The molecule has 1 saturated heterocycles. The van der Waals surface area contributed by atoms with Gasteiger partial charge in [-0.25, -0.2) is 0 Å². The van der Waals surface area contributed by atoms with E-state index in [1.807, 2.05) is 18.2 Å². The molecule has 0 spiro atoms. The molecule has 2 aromatic heterocycles. The highest BCUT2D eigenvalue weighted by Crippen LogP contribution is 2.27. The first-order valence-electron chi connectivity index (χ1n) is 11.1. The highest BCUT2D eigenvalue weighted by atomic mass is 32.1. The van der Waals surface area contributed by atoms with Crippen molar-refractivity contribution in [2.24, 2.45) is 0 Å². The van der Waals surface area contributed by atoms with Gasteiger partial charge in [0.25, 0.3) is 5.91 Å². The van der Waals surface area contributed by atoms with E-state index in [1.54, 1.807) is 48.0 Å². The number of amides is 3. The Balaban J connectivity index is 1.60. The largest absolute Gasteiger partial charge is 0.376 e. The number of ether oxygens (including phenoxy) is 1. The van der Waals surface area contributed by atoms with Gasteiger partial charge in [-0.3, -0.25) is 24.3 Å². The minimum Gasteiger partial charge on any atom is -0.376 e. The SMILES string of the molecule is O=C(NCC(=O)N(c1cccnc1)C(C(=O)NCC1CCCO1)c1ccccc1)c1cccs1. The average Bonchev–Trinajstić information content (AvgIpc) is 3.60. The maximum atomic E-state index is 13.5. The normalized spacial score (nSPS) is 15.9. The van der Waals surface area contributed by atoms with Crippen LogP contribution < -0.4 is 15.5 Å². The van der Waals surface area contributed by atoms with Gasteiger partial charge in [-0.1, -0.05) is 36.4 Å². The molecule has 4 rings (SSSR count). The minimum absolute atomic E-state index is 0.0343. The molecule has 0 saturated carbocycles. The molecule has 0 aliphatic carbocycles. The van der Waals surface area contributed by atoms with Crippen LogP contribution in [0.4, 0.5) is 5.69 Å². The molecule has 3 heterocycles. The summed E-state index contributed by atoms with van der Waals surface area (Å²) in [6.07, 6.45) is 4.94. The second-order valence-electron chi connectivity index (χ2n) is 7.83. The van der Waals surface area contributed by atoms with Gasteiger partial charge in [0.1, 0.15) is 6.04 Å². The van der Waals surface area contributed by atoms with E-state index in [9.17, 15) is 14.4 Å². The number of aromatic nitrogens is 1. The van der Waals surface area contributed by atoms with Crippen LogP contribution in [0.2, 0.25) is 0 Å². The molecule has 8 nitrogen and oxygen atoms in total. The molecule has 0 bridgehead atoms. The van der Waals surface area contributed by atoms with Crippen LogP contribution in [0.1, 0.15) is 34.1 Å². The van der Waals surface area contributed by atoms with Crippen molar-refractivity contribution in [3.05, 3.63) is 82.8 Å². The molecule has 9 heteroatoms. The Labute approximate surface area is 202 Å².